The molecule has 1 heterocycles. The first kappa shape index (κ1) is 66.6. The van der Waals surface area contributed by atoms with Gasteiger partial charge in [-0.1, -0.05) is 203 Å². The number of hydrogen-bond donors (Lipinski definition) is 6. The molecule has 9 heteroatoms. The Kier molecular flexibility index (Phi) is 46.6. The Labute approximate surface area is 443 Å². The topological polar surface area (TPSA) is 149 Å². The summed E-state index contributed by atoms with van der Waals surface area (Å²) in [4.78, 5) is 13.0. The third-order valence-corrected chi connectivity index (χ3v) is 11.8. The normalized spacial score (nSPS) is 20.5. The van der Waals surface area contributed by atoms with Gasteiger partial charge in [0.25, 0.3) is 0 Å². The number of carbonyl (C=O) groups is 1. The summed E-state index contributed by atoms with van der Waals surface area (Å²) in [5, 5.41) is 54.2. The number of nitrogens with one attached hydrogen (secondary N) is 1. The van der Waals surface area contributed by atoms with Gasteiger partial charge in [0.2, 0.25) is 5.91 Å². The number of unbranched alkanes of at least 4 members (excludes halogenated alkanes) is 8. The first-order valence-electron chi connectivity index (χ1n) is 27.9. The molecule has 408 valence electrons. The van der Waals surface area contributed by atoms with Crippen LogP contribution in [0.2, 0.25) is 0 Å². The van der Waals surface area contributed by atoms with Crippen molar-refractivity contribution in [3.05, 3.63) is 170 Å². The molecule has 73 heavy (non-hydrogen) atoms. The van der Waals surface area contributed by atoms with E-state index in [1.807, 2.05) is 6.08 Å². The van der Waals surface area contributed by atoms with Crippen LogP contribution < -0.4 is 5.32 Å². The molecule has 6 N–H and O–H groups in total. The van der Waals surface area contributed by atoms with Gasteiger partial charge >= 0.3 is 0 Å². The molecule has 1 saturated heterocycles. The van der Waals surface area contributed by atoms with Gasteiger partial charge in [0.15, 0.2) is 6.29 Å². The second kappa shape index (κ2) is 51.1. The summed E-state index contributed by atoms with van der Waals surface area (Å²) in [6.07, 6.45) is 75.6. The summed E-state index contributed by atoms with van der Waals surface area (Å²) >= 11 is 0. The van der Waals surface area contributed by atoms with Crippen molar-refractivity contribution in [3.8, 4) is 0 Å². The summed E-state index contributed by atoms with van der Waals surface area (Å²) in [5.41, 5.74) is 0. The van der Waals surface area contributed by atoms with Crippen LogP contribution in [0.3, 0.4) is 0 Å². The van der Waals surface area contributed by atoms with Gasteiger partial charge in [0.1, 0.15) is 24.4 Å². The third-order valence-electron chi connectivity index (χ3n) is 11.8. The minimum atomic E-state index is -1.59. The van der Waals surface area contributed by atoms with E-state index in [1.54, 1.807) is 6.08 Å². The molecule has 0 radical (unpaired) electrons. The van der Waals surface area contributed by atoms with Crippen LogP contribution in [0.25, 0.3) is 0 Å². The van der Waals surface area contributed by atoms with Crippen molar-refractivity contribution in [1.29, 1.82) is 0 Å². The fraction of sp³-hybridized carbons (Fsp3) is 0.547. The van der Waals surface area contributed by atoms with Crippen molar-refractivity contribution >= 4 is 5.91 Å². The van der Waals surface area contributed by atoms with Gasteiger partial charge in [0.05, 0.1) is 25.4 Å². The molecule has 0 saturated carbocycles. The number of aliphatic hydroxyl groups excluding tert-OH is 5. The average Bonchev–Trinajstić information content (AvgIpc) is 3.39. The zero-order valence-corrected chi connectivity index (χ0v) is 45.1. The summed E-state index contributed by atoms with van der Waals surface area (Å²) in [6.45, 7) is 3.55. The molecule has 0 spiro atoms. The molecule has 1 amide bonds. The van der Waals surface area contributed by atoms with E-state index in [0.717, 1.165) is 116 Å². The van der Waals surface area contributed by atoms with Crippen LogP contribution in [-0.4, -0.2) is 87.5 Å². The molecule has 7 atom stereocenters. The first-order chi connectivity index (χ1) is 35.8. The third kappa shape index (κ3) is 40.6. The number of rotatable bonds is 44. The number of ether oxygens (including phenoxy) is 2. The molecule has 7 unspecified atom stereocenters. The Morgan fingerprint density at radius 2 is 0.863 bits per heavy atom. The van der Waals surface area contributed by atoms with Crippen LogP contribution in [0, 0.1) is 0 Å². The summed E-state index contributed by atoms with van der Waals surface area (Å²) in [7, 11) is 0. The van der Waals surface area contributed by atoms with E-state index in [0.29, 0.717) is 12.8 Å². The molecule has 1 aliphatic rings. The maximum Gasteiger partial charge on any atom is 0.220 e. The minimum absolute atomic E-state index is 0.232. The molecule has 1 rings (SSSR count). The van der Waals surface area contributed by atoms with E-state index >= 15 is 0 Å². The molecule has 1 aliphatic heterocycles. The van der Waals surface area contributed by atoms with E-state index in [2.05, 4.69) is 177 Å². The SMILES string of the molecule is CC/C=C\C/C=C\C/C=C\C/C=C\C/C=C\C/C=C\C/C=C\C/C=C\C/C=C\C/C=C\C/C=C\CCCCCC(=O)NC(COC1OC(CO)C(O)C(O)C1O)C(O)/C=C/CC/C=C/CC/C=C/CCCCC. The lowest BCUT2D eigenvalue weighted by atomic mass is 9.99. The predicted molar refractivity (Wildman–Crippen MR) is 308 cm³/mol. The van der Waals surface area contributed by atoms with E-state index in [9.17, 15) is 30.3 Å². The van der Waals surface area contributed by atoms with Crippen molar-refractivity contribution in [2.45, 2.75) is 211 Å². The monoisotopic (exact) mass is 1010 g/mol. The minimum Gasteiger partial charge on any atom is -0.394 e. The fourth-order valence-corrected chi connectivity index (χ4v) is 7.37. The van der Waals surface area contributed by atoms with Gasteiger partial charge in [-0.05, 0) is 128 Å². The Balaban J connectivity index is 2.26. The maximum absolute atomic E-state index is 13.0. The molecule has 0 aromatic carbocycles. The molecule has 0 aromatic heterocycles. The average molecular weight is 1010 g/mol. The van der Waals surface area contributed by atoms with Gasteiger partial charge < -0.3 is 40.3 Å². The number of aliphatic hydroxyl groups is 5. The highest BCUT2D eigenvalue weighted by molar-refractivity contribution is 5.76. The highest BCUT2D eigenvalue weighted by atomic mass is 16.7. The summed E-state index contributed by atoms with van der Waals surface area (Å²) in [5.74, 6) is -0.233. The maximum atomic E-state index is 13.0. The van der Waals surface area contributed by atoms with Gasteiger partial charge in [-0.25, -0.2) is 0 Å². The summed E-state index contributed by atoms with van der Waals surface area (Å²) < 4.78 is 11.2. The molecule has 1 fully saturated rings. The number of amides is 1. The lowest BCUT2D eigenvalue weighted by molar-refractivity contribution is -0.302. The Morgan fingerprint density at radius 1 is 0.479 bits per heavy atom. The Hall–Kier alpha value is -4.45. The smallest absolute Gasteiger partial charge is 0.220 e. The molecular formula is C64H99NO8. The largest absolute Gasteiger partial charge is 0.394 e. The second-order valence-electron chi connectivity index (χ2n) is 18.3. The van der Waals surface area contributed by atoms with E-state index < -0.39 is 49.5 Å². The first-order valence-corrected chi connectivity index (χ1v) is 27.9. The van der Waals surface area contributed by atoms with Crippen LogP contribution in [0.1, 0.15) is 168 Å². The quantitative estimate of drug-likeness (QED) is 0.0261. The van der Waals surface area contributed by atoms with Crippen molar-refractivity contribution < 1.29 is 39.8 Å². The standard InChI is InChI=1S/C64H99NO8/c1-3-5-7-9-11-13-15-17-18-19-20-21-22-23-24-25-26-27-28-29-30-31-32-33-34-35-36-37-38-39-40-42-44-46-48-50-52-54-60(68)65-57(56-72-64-63(71)62(70)61(69)59(55-66)73-64)58(67)53-51-49-47-45-43-41-16-14-12-10-8-6-4-2/h5,7,11-14,17-18,20-21,23-24,26-27,29-30,32-33,35-36,38-39,42-45,51,53,57-59,61-64,66-67,69-71H,3-4,6,8-10,15-16,19,22,25,28,31,34,37,40-41,46-50,52,54-56H2,1-2H3,(H,65,68)/b7-5-,13-11-,14-12+,18-17-,21-20-,24-23-,27-26-,30-29-,33-32-,36-35-,39-38-,44-42-,45-43+,53-51+. The van der Waals surface area contributed by atoms with E-state index in [1.165, 1.54) is 19.3 Å². The molecule has 0 bridgehead atoms. The number of carbonyl (C=O) groups excluding carboxylic acids is 1. The number of hydrogen-bond acceptors (Lipinski definition) is 8. The van der Waals surface area contributed by atoms with E-state index in [4.69, 9.17) is 9.47 Å². The molecule has 0 aromatic rings. The van der Waals surface area contributed by atoms with Crippen molar-refractivity contribution in [2.75, 3.05) is 13.2 Å². The fourth-order valence-electron chi connectivity index (χ4n) is 7.37. The van der Waals surface area contributed by atoms with Crippen LogP contribution in [0.4, 0.5) is 0 Å². The van der Waals surface area contributed by atoms with Crippen molar-refractivity contribution in [3.63, 3.8) is 0 Å². The second-order valence-corrected chi connectivity index (χ2v) is 18.3. The van der Waals surface area contributed by atoms with Crippen molar-refractivity contribution in [2.24, 2.45) is 0 Å². The molecule has 9 nitrogen and oxygen atoms in total. The Bertz CT molecular complexity index is 1740. The van der Waals surface area contributed by atoms with Gasteiger partial charge in [-0.3, -0.25) is 4.79 Å². The van der Waals surface area contributed by atoms with Crippen LogP contribution >= 0.6 is 0 Å². The van der Waals surface area contributed by atoms with Crippen LogP contribution in [0.5, 0.6) is 0 Å². The summed E-state index contributed by atoms with van der Waals surface area (Å²) in [6, 6.07) is -0.859. The van der Waals surface area contributed by atoms with Crippen molar-refractivity contribution in [1.82, 2.24) is 5.32 Å². The van der Waals surface area contributed by atoms with E-state index in [-0.39, 0.29) is 18.9 Å². The molecule has 0 aliphatic carbocycles. The lowest BCUT2D eigenvalue weighted by Gasteiger charge is -2.40. The van der Waals surface area contributed by atoms with Crippen LogP contribution in [-0.2, 0) is 14.3 Å². The zero-order valence-electron chi connectivity index (χ0n) is 45.1. The van der Waals surface area contributed by atoms with Gasteiger partial charge in [-0.15, -0.1) is 0 Å². The predicted octanol–water partition coefficient (Wildman–Crippen LogP) is 13.8. The lowest BCUT2D eigenvalue weighted by Crippen LogP contribution is -2.60. The highest BCUT2D eigenvalue weighted by Gasteiger charge is 2.44. The number of allylic oxidation sites excluding steroid dienone is 27. The molecular weight excluding hydrogens is 911 g/mol. The van der Waals surface area contributed by atoms with Gasteiger partial charge in [-0.2, -0.15) is 0 Å². The van der Waals surface area contributed by atoms with Crippen LogP contribution in [0.15, 0.2) is 170 Å². The highest BCUT2D eigenvalue weighted by Crippen LogP contribution is 2.22. The van der Waals surface area contributed by atoms with Gasteiger partial charge in [0, 0.05) is 6.42 Å². The Morgan fingerprint density at radius 3 is 1.29 bits per heavy atom. The zero-order chi connectivity index (χ0) is 52.9.